The Morgan fingerprint density at radius 1 is 0.964 bits per heavy atom. The standard InChI is InChI=1S/C24H20N2O2/c1-16-7-10-18(11-8-16)12-14-23(27)25-20-6-4-3-5-19(20)24-26-21-15-17(2)9-13-22(21)28-24/h3-15H,1-2H3,(H,25,27). The van der Waals surface area contributed by atoms with Gasteiger partial charge in [0.1, 0.15) is 5.52 Å². The maximum atomic E-state index is 12.4. The number of amides is 1. The zero-order valence-electron chi connectivity index (χ0n) is 15.8. The maximum absolute atomic E-state index is 12.4. The average Bonchev–Trinajstić information content (AvgIpc) is 3.11. The Morgan fingerprint density at radius 3 is 2.54 bits per heavy atom. The quantitative estimate of drug-likeness (QED) is 0.466. The van der Waals surface area contributed by atoms with Gasteiger partial charge >= 0.3 is 0 Å². The molecule has 0 aliphatic heterocycles. The molecule has 28 heavy (non-hydrogen) atoms. The fourth-order valence-electron chi connectivity index (χ4n) is 2.96. The van der Waals surface area contributed by atoms with E-state index in [1.54, 1.807) is 6.08 Å². The Hall–Kier alpha value is -3.66. The monoisotopic (exact) mass is 368 g/mol. The first-order valence-electron chi connectivity index (χ1n) is 9.11. The van der Waals surface area contributed by atoms with Gasteiger partial charge in [-0.05, 0) is 55.3 Å². The van der Waals surface area contributed by atoms with Crippen LogP contribution in [0.5, 0.6) is 0 Å². The molecule has 1 heterocycles. The first-order valence-corrected chi connectivity index (χ1v) is 9.11. The van der Waals surface area contributed by atoms with Gasteiger partial charge in [-0.1, -0.05) is 48.0 Å². The highest BCUT2D eigenvalue weighted by Crippen LogP contribution is 2.30. The molecule has 0 fully saturated rings. The van der Waals surface area contributed by atoms with Crippen LogP contribution < -0.4 is 5.32 Å². The van der Waals surface area contributed by atoms with Gasteiger partial charge in [-0.25, -0.2) is 4.98 Å². The predicted molar refractivity (Wildman–Crippen MR) is 113 cm³/mol. The number of rotatable bonds is 4. The van der Waals surface area contributed by atoms with E-state index in [4.69, 9.17) is 4.42 Å². The van der Waals surface area contributed by atoms with Crippen molar-refractivity contribution in [2.45, 2.75) is 13.8 Å². The van der Waals surface area contributed by atoms with Gasteiger partial charge < -0.3 is 9.73 Å². The molecule has 0 saturated heterocycles. The Labute approximate surface area is 163 Å². The van der Waals surface area contributed by atoms with Crippen LogP contribution in [0.1, 0.15) is 16.7 Å². The molecule has 3 aromatic carbocycles. The van der Waals surface area contributed by atoms with Crippen molar-refractivity contribution in [2.24, 2.45) is 0 Å². The van der Waals surface area contributed by atoms with Crippen LogP contribution in [0.4, 0.5) is 5.69 Å². The molecule has 1 amide bonds. The van der Waals surface area contributed by atoms with Crippen LogP contribution >= 0.6 is 0 Å². The van der Waals surface area contributed by atoms with Crippen molar-refractivity contribution < 1.29 is 9.21 Å². The number of carbonyl (C=O) groups is 1. The molecule has 1 aromatic heterocycles. The van der Waals surface area contributed by atoms with Gasteiger partial charge in [0, 0.05) is 6.08 Å². The summed E-state index contributed by atoms with van der Waals surface area (Å²) < 4.78 is 5.89. The van der Waals surface area contributed by atoms with E-state index >= 15 is 0 Å². The van der Waals surface area contributed by atoms with Gasteiger partial charge in [0.25, 0.3) is 0 Å². The minimum Gasteiger partial charge on any atom is -0.436 e. The second-order valence-electron chi connectivity index (χ2n) is 6.77. The van der Waals surface area contributed by atoms with Crippen molar-refractivity contribution in [3.63, 3.8) is 0 Å². The lowest BCUT2D eigenvalue weighted by atomic mass is 10.1. The van der Waals surface area contributed by atoms with Gasteiger partial charge in [-0.15, -0.1) is 0 Å². The number of nitrogens with zero attached hydrogens (tertiary/aromatic N) is 1. The Kier molecular flexibility index (Phi) is 4.77. The van der Waals surface area contributed by atoms with Crippen LogP contribution in [0, 0.1) is 13.8 Å². The number of hydrogen-bond donors (Lipinski definition) is 1. The van der Waals surface area contributed by atoms with Crippen molar-refractivity contribution in [2.75, 3.05) is 5.32 Å². The van der Waals surface area contributed by atoms with E-state index in [1.807, 2.05) is 80.6 Å². The molecule has 4 rings (SSSR count). The summed E-state index contributed by atoms with van der Waals surface area (Å²) in [6, 6.07) is 21.4. The third-order valence-corrected chi connectivity index (χ3v) is 4.46. The van der Waals surface area contributed by atoms with Gasteiger partial charge in [-0.3, -0.25) is 4.79 Å². The molecule has 1 N–H and O–H groups in total. The molecule has 0 bridgehead atoms. The zero-order valence-corrected chi connectivity index (χ0v) is 15.8. The van der Waals surface area contributed by atoms with Crippen molar-refractivity contribution >= 4 is 28.8 Å². The van der Waals surface area contributed by atoms with Crippen LogP contribution in [0.3, 0.4) is 0 Å². The average molecular weight is 368 g/mol. The van der Waals surface area contributed by atoms with E-state index < -0.39 is 0 Å². The number of para-hydroxylation sites is 1. The normalized spacial score (nSPS) is 11.2. The first-order chi connectivity index (χ1) is 13.6. The molecule has 4 aromatic rings. The number of carbonyl (C=O) groups excluding carboxylic acids is 1. The van der Waals surface area contributed by atoms with Crippen LogP contribution in [0.25, 0.3) is 28.6 Å². The van der Waals surface area contributed by atoms with Crippen molar-refractivity contribution in [1.82, 2.24) is 4.98 Å². The predicted octanol–water partition coefficient (Wildman–Crippen LogP) is 5.76. The topological polar surface area (TPSA) is 55.1 Å². The molecule has 0 aliphatic rings. The van der Waals surface area contributed by atoms with Crippen LogP contribution in [0.15, 0.2) is 77.2 Å². The van der Waals surface area contributed by atoms with E-state index in [-0.39, 0.29) is 5.91 Å². The summed E-state index contributed by atoms with van der Waals surface area (Å²) in [4.78, 5) is 17.0. The number of benzene rings is 3. The number of nitrogens with one attached hydrogen (secondary N) is 1. The number of oxazole rings is 1. The first kappa shape index (κ1) is 17.7. The van der Waals surface area contributed by atoms with Crippen LogP contribution in [-0.2, 0) is 4.79 Å². The highest BCUT2D eigenvalue weighted by molar-refractivity contribution is 6.04. The minimum atomic E-state index is -0.208. The van der Waals surface area contributed by atoms with E-state index in [2.05, 4.69) is 10.3 Å². The fraction of sp³-hybridized carbons (Fsp3) is 0.0833. The Balaban J connectivity index is 1.58. The minimum absolute atomic E-state index is 0.208. The second-order valence-corrected chi connectivity index (χ2v) is 6.77. The van der Waals surface area contributed by atoms with Gasteiger partial charge in [0.15, 0.2) is 5.58 Å². The lowest BCUT2D eigenvalue weighted by Crippen LogP contribution is -2.08. The highest BCUT2D eigenvalue weighted by Gasteiger charge is 2.13. The van der Waals surface area contributed by atoms with Crippen molar-refractivity contribution in [1.29, 1.82) is 0 Å². The summed E-state index contributed by atoms with van der Waals surface area (Å²) in [5.41, 5.74) is 6.21. The van der Waals surface area contributed by atoms with Gasteiger partial charge in [0.05, 0.1) is 11.3 Å². The summed E-state index contributed by atoms with van der Waals surface area (Å²) >= 11 is 0. The van der Waals surface area contributed by atoms with E-state index in [0.717, 1.165) is 27.8 Å². The lowest BCUT2D eigenvalue weighted by molar-refractivity contribution is -0.111. The third kappa shape index (κ3) is 3.86. The second kappa shape index (κ2) is 7.53. The molecular formula is C24H20N2O2. The fourth-order valence-corrected chi connectivity index (χ4v) is 2.96. The molecule has 0 atom stereocenters. The van der Waals surface area contributed by atoms with E-state index in [1.165, 1.54) is 11.6 Å². The molecule has 0 spiro atoms. The zero-order chi connectivity index (χ0) is 19.5. The summed E-state index contributed by atoms with van der Waals surface area (Å²) in [5, 5.41) is 2.92. The SMILES string of the molecule is Cc1ccc(C=CC(=O)Nc2ccccc2-c2nc3cc(C)ccc3o2)cc1. The number of anilines is 1. The Morgan fingerprint density at radius 2 is 1.71 bits per heavy atom. The molecular weight excluding hydrogens is 348 g/mol. The maximum Gasteiger partial charge on any atom is 0.248 e. The Bertz CT molecular complexity index is 1170. The van der Waals surface area contributed by atoms with E-state index in [0.29, 0.717) is 11.6 Å². The largest absolute Gasteiger partial charge is 0.436 e. The molecule has 4 heteroatoms. The number of hydrogen-bond acceptors (Lipinski definition) is 3. The van der Waals surface area contributed by atoms with Gasteiger partial charge in [-0.2, -0.15) is 0 Å². The van der Waals surface area contributed by atoms with Crippen molar-refractivity contribution in [3.05, 3.63) is 89.5 Å². The summed E-state index contributed by atoms with van der Waals surface area (Å²) in [7, 11) is 0. The number of fused-ring (bicyclic) bond motifs is 1. The summed E-state index contributed by atoms with van der Waals surface area (Å²) in [5.74, 6) is 0.277. The molecule has 138 valence electrons. The molecule has 0 aliphatic carbocycles. The molecule has 0 radical (unpaired) electrons. The number of aryl methyl sites for hydroxylation is 2. The smallest absolute Gasteiger partial charge is 0.248 e. The van der Waals surface area contributed by atoms with Crippen LogP contribution in [-0.4, -0.2) is 10.9 Å². The van der Waals surface area contributed by atoms with Crippen LogP contribution in [0.2, 0.25) is 0 Å². The highest BCUT2D eigenvalue weighted by atomic mass is 16.3. The van der Waals surface area contributed by atoms with Crippen molar-refractivity contribution in [3.8, 4) is 11.5 Å². The lowest BCUT2D eigenvalue weighted by Gasteiger charge is -2.06. The van der Waals surface area contributed by atoms with E-state index in [9.17, 15) is 4.79 Å². The summed E-state index contributed by atoms with van der Waals surface area (Å²) in [6.07, 6.45) is 3.32. The third-order valence-electron chi connectivity index (χ3n) is 4.46. The number of aromatic nitrogens is 1. The summed E-state index contributed by atoms with van der Waals surface area (Å²) in [6.45, 7) is 4.05. The molecule has 4 nitrogen and oxygen atoms in total. The molecule has 0 saturated carbocycles. The van der Waals surface area contributed by atoms with Gasteiger partial charge in [0.2, 0.25) is 11.8 Å². The molecule has 0 unspecified atom stereocenters.